The summed E-state index contributed by atoms with van der Waals surface area (Å²) in [6, 6.07) is 23.4. The highest BCUT2D eigenvalue weighted by atomic mass is 19.3. The molecule has 0 aliphatic heterocycles. The monoisotopic (exact) mass is 323 g/mol. The van der Waals surface area contributed by atoms with Crippen molar-refractivity contribution in [1.29, 1.82) is 0 Å². The minimum absolute atomic E-state index is 0.336. The van der Waals surface area contributed by atoms with E-state index in [2.05, 4.69) is 5.32 Å². The molecule has 0 aliphatic carbocycles. The van der Waals surface area contributed by atoms with E-state index >= 15 is 0 Å². The highest BCUT2D eigenvalue weighted by Gasteiger charge is 2.40. The fourth-order valence-electron chi connectivity index (χ4n) is 2.36. The minimum atomic E-state index is -3.61. The van der Waals surface area contributed by atoms with Crippen molar-refractivity contribution in [2.75, 3.05) is 5.32 Å². The molecule has 0 fully saturated rings. The fourth-order valence-corrected chi connectivity index (χ4v) is 2.36. The van der Waals surface area contributed by atoms with E-state index in [4.69, 9.17) is 0 Å². The van der Waals surface area contributed by atoms with Crippen LogP contribution in [0.25, 0.3) is 11.1 Å². The minimum Gasteiger partial charge on any atom is -0.321 e. The SMILES string of the molecule is O=C(Nc1ccccc1)C(F)(F)c1ccc(-c2ccccc2)cc1. The summed E-state index contributed by atoms with van der Waals surface area (Å²) >= 11 is 0. The Kier molecular flexibility index (Phi) is 4.38. The maximum atomic E-state index is 14.4. The summed E-state index contributed by atoms with van der Waals surface area (Å²) in [5.74, 6) is -4.95. The van der Waals surface area contributed by atoms with E-state index in [9.17, 15) is 13.6 Å². The van der Waals surface area contributed by atoms with Crippen molar-refractivity contribution in [2.24, 2.45) is 0 Å². The van der Waals surface area contributed by atoms with Gasteiger partial charge in [0.2, 0.25) is 0 Å². The van der Waals surface area contributed by atoms with Crippen molar-refractivity contribution in [2.45, 2.75) is 5.92 Å². The van der Waals surface area contributed by atoms with E-state index < -0.39 is 11.8 Å². The molecule has 0 unspecified atom stereocenters. The van der Waals surface area contributed by atoms with Crippen molar-refractivity contribution >= 4 is 11.6 Å². The predicted molar refractivity (Wildman–Crippen MR) is 90.8 cm³/mol. The number of anilines is 1. The molecule has 0 aromatic heterocycles. The topological polar surface area (TPSA) is 29.1 Å². The van der Waals surface area contributed by atoms with Gasteiger partial charge in [-0.2, -0.15) is 8.78 Å². The summed E-state index contributed by atoms with van der Waals surface area (Å²) < 4.78 is 28.7. The van der Waals surface area contributed by atoms with Gasteiger partial charge in [0.15, 0.2) is 0 Å². The number of halogens is 2. The zero-order chi connectivity index (χ0) is 17.0. The Morgan fingerprint density at radius 1 is 0.708 bits per heavy atom. The Hall–Kier alpha value is -3.01. The van der Waals surface area contributed by atoms with Crippen LogP contribution in [0.1, 0.15) is 5.56 Å². The number of alkyl halides is 2. The summed E-state index contributed by atoms with van der Waals surface area (Å²) in [6.45, 7) is 0. The van der Waals surface area contributed by atoms with E-state index in [0.717, 1.165) is 11.1 Å². The average Bonchev–Trinajstić information content (AvgIpc) is 2.63. The first-order valence-electron chi connectivity index (χ1n) is 7.47. The molecule has 0 spiro atoms. The lowest BCUT2D eigenvalue weighted by Gasteiger charge is -2.17. The maximum Gasteiger partial charge on any atom is 0.350 e. The second-order valence-corrected chi connectivity index (χ2v) is 5.34. The van der Waals surface area contributed by atoms with Gasteiger partial charge in [0.25, 0.3) is 5.91 Å². The number of hydrogen-bond donors (Lipinski definition) is 1. The Balaban J connectivity index is 1.80. The van der Waals surface area contributed by atoms with Crippen LogP contribution in [-0.4, -0.2) is 5.91 Å². The second kappa shape index (κ2) is 6.62. The molecule has 1 amide bonds. The number of para-hydroxylation sites is 1. The van der Waals surface area contributed by atoms with Crippen molar-refractivity contribution in [3.05, 3.63) is 90.5 Å². The highest BCUT2D eigenvalue weighted by Crippen LogP contribution is 2.31. The summed E-state index contributed by atoms with van der Waals surface area (Å²) in [6.07, 6.45) is 0. The molecule has 2 nitrogen and oxygen atoms in total. The lowest BCUT2D eigenvalue weighted by atomic mass is 10.0. The van der Waals surface area contributed by atoms with Crippen molar-refractivity contribution in [3.8, 4) is 11.1 Å². The van der Waals surface area contributed by atoms with Gasteiger partial charge in [0.1, 0.15) is 0 Å². The molecule has 120 valence electrons. The number of benzene rings is 3. The molecule has 0 aliphatic rings. The maximum absolute atomic E-state index is 14.4. The number of hydrogen-bond acceptors (Lipinski definition) is 1. The molecule has 24 heavy (non-hydrogen) atoms. The zero-order valence-electron chi connectivity index (χ0n) is 12.7. The van der Waals surface area contributed by atoms with Gasteiger partial charge < -0.3 is 5.32 Å². The predicted octanol–water partition coefficient (Wildman–Crippen LogP) is 5.08. The van der Waals surface area contributed by atoms with Gasteiger partial charge in [-0.3, -0.25) is 4.79 Å². The molecule has 3 aromatic rings. The van der Waals surface area contributed by atoms with E-state index in [1.165, 1.54) is 12.1 Å². The van der Waals surface area contributed by atoms with Crippen molar-refractivity contribution in [1.82, 2.24) is 0 Å². The van der Waals surface area contributed by atoms with E-state index in [0.29, 0.717) is 5.69 Å². The quantitative estimate of drug-likeness (QED) is 0.712. The Labute approximate surface area is 138 Å². The number of rotatable bonds is 4. The molecule has 0 saturated carbocycles. The van der Waals surface area contributed by atoms with Gasteiger partial charge >= 0.3 is 5.92 Å². The average molecular weight is 323 g/mol. The second-order valence-electron chi connectivity index (χ2n) is 5.34. The van der Waals surface area contributed by atoms with Gasteiger partial charge in [-0.25, -0.2) is 0 Å². The third-order valence-corrected chi connectivity index (χ3v) is 3.67. The fraction of sp³-hybridized carbons (Fsp3) is 0.0500. The summed E-state index contributed by atoms with van der Waals surface area (Å²) in [5, 5.41) is 2.24. The lowest BCUT2D eigenvalue weighted by Crippen LogP contribution is -2.32. The lowest BCUT2D eigenvalue weighted by molar-refractivity contribution is -0.140. The Bertz CT molecular complexity index is 815. The van der Waals surface area contributed by atoms with Crippen LogP contribution in [0.4, 0.5) is 14.5 Å². The zero-order valence-corrected chi connectivity index (χ0v) is 12.7. The normalized spacial score (nSPS) is 11.1. The summed E-state index contributed by atoms with van der Waals surface area (Å²) in [4.78, 5) is 11.9. The molecule has 3 aromatic carbocycles. The highest BCUT2D eigenvalue weighted by molar-refractivity contribution is 5.96. The van der Waals surface area contributed by atoms with Gasteiger partial charge in [0.05, 0.1) is 0 Å². The van der Waals surface area contributed by atoms with Crippen LogP contribution in [-0.2, 0) is 10.7 Å². The number of nitrogens with one attached hydrogen (secondary N) is 1. The van der Waals surface area contributed by atoms with Crippen molar-refractivity contribution in [3.63, 3.8) is 0 Å². The first kappa shape index (κ1) is 15.9. The van der Waals surface area contributed by atoms with Crippen LogP contribution in [0, 0.1) is 0 Å². The third kappa shape index (κ3) is 3.33. The first-order chi connectivity index (χ1) is 11.6. The molecule has 1 N–H and O–H groups in total. The molecule has 3 rings (SSSR count). The number of amides is 1. The van der Waals surface area contributed by atoms with E-state index in [1.54, 1.807) is 42.5 Å². The summed E-state index contributed by atoms with van der Waals surface area (Å²) in [7, 11) is 0. The molecule has 0 heterocycles. The smallest absolute Gasteiger partial charge is 0.321 e. The third-order valence-electron chi connectivity index (χ3n) is 3.67. The largest absolute Gasteiger partial charge is 0.350 e. The Morgan fingerprint density at radius 3 is 1.79 bits per heavy atom. The van der Waals surface area contributed by atoms with Crippen LogP contribution in [0.15, 0.2) is 84.9 Å². The summed E-state index contributed by atoms with van der Waals surface area (Å²) in [5.41, 5.74) is 1.75. The first-order valence-corrected chi connectivity index (χ1v) is 7.47. The molecule has 0 radical (unpaired) electrons. The van der Waals surface area contributed by atoms with Crippen LogP contribution in [0.2, 0.25) is 0 Å². The number of carbonyl (C=O) groups is 1. The molecular formula is C20H15F2NO. The van der Waals surface area contributed by atoms with Crippen LogP contribution in [0.3, 0.4) is 0 Å². The standard InChI is InChI=1S/C20H15F2NO/c21-20(22,19(24)23-18-9-5-2-6-10-18)17-13-11-16(12-14-17)15-7-3-1-4-8-15/h1-14H,(H,23,24). The van der Waals surface area contributed by atoms with Crippen LogP contribution >= 0.6 is 0 Å². The van der Waals surface area contributed by atoms with Crippen LogP contribution in [0.5, 0.6) is 0 Å². The van der Waals surface area contributed by atoms with E-state index in [1.807, 2.05) is 30.3 Å². The van der Waals surface area contributed by atoms with Gasteiger partial charge in [0, 0.05) is 11.3 Å². The molecular weight excluding hydrogens is 308 g/mol. The van der Waals surface area contributed by atoms with Gasteiger partial charge in [-0.15, -0.1) is 0 Å². The van der Waals surface area contributed by atoms with Gasteiger partial charge in [-0.05, 0) is 23.3 Å². The molecule has 0 bridgehead atoms. The molecule has 0 atom stereocenters. The van der Waals surface area contributed by atoms with Crippen LogP contribution < -0.4 is 5.32 Å². The Morgan fingerprint density at radius 2 is 1.21 bits per heavy atom. The molecule has 4 heteroatoms. The van der Waals surface area contributed by atoms with E-state index in [-0.39, 0.29) is 5.56 Å². The van der Waals surface area contributed by atoms with Gasteiger partial charge in [-0.1, -0.05) is 72.8 Å². The van der Waals surface area contributed by atoms with Crippen molar-refractivity contribution < 1.29 is 13.6 Å². The number of carbonyl (C=O) groups excluding carboxylic acids is 1. The molecule has 0 saturated heterocycles.